The molecule has 1 rings (SSSR count). The molecule has 0 spiro atoms. The molecule has 1 heterocycles. The number of aryl methyl sites for hydroxylation is 2. The van der Waals surface area contributed by atoms with Gasteiger partial charge in [-0.15, -0.1) is 0 Å². The number of carbonyl (C=O) groups is 1. The number of carbonyl (C=O) groups excluding carboxylic acids is 1. The summed E-state index contributed by atoms with van der Waals surface area (Å²) in [7, 11) is 0. The molecule has 0 radical (unpaired) electrons. The highest BCUT2D eigenvalue weighted by Crippen LogP contribution is 2.06. The Hall–Kier alpha value is -1.25. The second-order valence-corrected chi connectivity index (χ2v) is 4.05. The first kappa shape index (κ1) is 11.8. The van der Waals surface area contributed by atoms with E-state index in [1.807, 2.05) is 26.8 Å². The summed E-state index contributed by atoms with van der Waals surface area (Å²) < 4.78 is 0. The fourth-order valence-electron chi connectivity index (χ4n) is 1.35. The lowest BCUT2D eigenvalue weighted by atomic mass is 10.0. The van der Waals surface area contributed by atoms with Crippen molar-refractivity contribution in [2.24, 2.45) is 5.92 Å². The topological polar surface area (TPSA) is 42.9 Å². The van der Waals surface area contributed by atoms with Gasteiger partial charge in [-0.05, 0) is 19.4 Å². The number of hydrogen-bond donors (Lipinski definition) is 0. The highest BCUT2D eigenvalue weighted by atomic mass is 16.1. The zero-order valence-corrected chi connectivity index (χ0v) is 9.87. The normalized spacial score (nSPS) is 10.7. The van der Waals surface area contributed by atoms with Gasteiger partial charge in [0.1, 0.15) is 11.6 Å². The first-order chi connectivity index (χ1) is 7.02. The molecule has 0 N–H and O–H groups in total. The lowest BCUT2D eigenvalue weighted by Crippen LogP contribution is -2.12. The molecule has 3 nitrogen and oxygen atoms in total. The molecule has 0 saturated carbocycles. The van der Waals surface area contributed by atoms with Gasteiger partial charge in [0, 0.05) is 18.0 Å². The molecule has 15 heavy (non-hydrogen) atoms. The van der Waals surface area contributed by atoms with Crippen molar-refractivity contribution in [1.82, 2.24) is 9.97 Å². The summed E-state index contributed by atoms with van der Waals surface area (Å²) in [5.74, 6) is 1.06. The largest absolute Gasteiger partial charge is 0.299 e. The molecule has 0 aliphatic rings. The summed E-state index contributed by atoms with van der Waals surface area (Å²) in [6, 6.07) is 1.92. The molecule has 0 unspecified atom stereocenters. The molecule has 82 valence electrons. The first-order valence-corrected chi connectivity index (χ1v) is 5.39. The number of ketones is 1. The van der Waals surface area contributed by atoms with Crippen molar-refractivity contribution < 1.29 is 4.79 Å². The maximum absolute atomic E-state index is 11.6. The van der Waals surface area contributed by atoms with Crippen molar-refractivity contribution in [2.75, 3.05) is 0 Å². The summed E-state index contributed by atoms with van der Waals surface area (Å²) in [6.07, 6.45) is 1.31. The lowest BCUT2D eigenvalue weighted by molar-refractivity contribution is -0.121. The molecule has 0 fully saturated rings. The predicted molar refractivity (Wildman–Crippen MR) is 59.7 cm³/mol. The quantitative estimate of drug-likeness (QED) is 0.757. The van der Waals surface area contributed by atoms with Crippen LogP contribution in [-0.4, -0.2) is 15.8 Å². The minimum absolute atomic E-state index is 0.0744. The number of hydrogen-bond acceptors (Lipinski definition) is 3. The van der Waals surface area contributed by atoms with Crippen LogP contribution in [0.1, 0.15) is 38.0 Å². The van der Waals surface area contributed by atoms with E-state index in [2.05, 4.69) is 16.9 Å². The molecular weight excluding hydrogens is 188 g/mol. The van der Waals surface area contributed by atoms with Gasteiger partial charge >= 0.3 is 0 Å². The van der Waals surface area contributed by atoms with E-state index in [9.17, 15) is 4.79 Å². The van der Waals surface area contributed by atoms with E-state index in [1.165, 1.54) is 0 Å². The maximum atomic E-state index is 11.6. The molecule has 0 atom stereocenters. The second-order valence-electron chi connectivity index (χ2n) is 4.05. The van der Waals surface area contributed by atoms with E-state index in [4.69, 9.17) is 0 Å². The van der Waals surface area contributed by atoms with Crippen molar-refractivity contribution in [3.05, 3.63) is 23.3 Å². The molecule has 0 aliphatic carbocycles. The summed E-state index contributed by atoms with van der Waals surface area (Å²) in [5, 5.41) is 0. The summed E-state index contributed by atoms with van der Waals surface area (Å²) in [6.45, 7) is 7.74. The third kappa shape index (κ3) is 3.42. The maximum Gasteiger partial charge on any atom is 0.141 e. The van der Waals surface area contributed by atoms with Crippen LogP contribution in [0.5, 0.6) is 0 Å². The molecule has 0 aromatic carbocycles. The number of aromatic nitrogens is 2. The Morgan fingerprint density at radius 3 is 2.47 bits per heavy atom. The number of Topliss-reactive ketones (excluding diaryl/α,β-unsaturated/α-hetero) is 1. The summed E-state index contributed by atoms with van der Waals surface area (Å²) >= 11 is 0. The van der Waals surface area contributed by atoms with Crippen LogP contribution in [0.25, 0.3) is 0 Å². The third-order valence-corrected chi connectivity index (χ3v) is 2.31. The summed E-state index contributed by atoms with van der Waals surface area (Å²) in [5.41, 5.74) is 1.85. The Bertz CT molecular complexity index is 359. The van der Waals surface area contributed by atoms with Gasteiger partial charge in [-0.2, -0.15) is 0 Å². The Labute approximate surface area is 91.0 Å². The molecule has 0 saturated heterocycles. The van der Waals surface area contributed by atoms with Crippen LogP contribution in [0.4, 0.5) is 0 Å². The third-order valence-electron chi connectivity index (χ3n) is 2.31. The monoisotopic (exact) mass is 206 g/mol. The van der Waals surface area contributed by atoms with E-state index < -0.39 is 0 Å². The second kappa shape index (κ2) is 5.01. The van der Waals surface area contributed by atoms with Crippen molar-refractivity contribution in [1.29, 1.82) is 0 Å². The highest BCUT2D eigenvalue weighted by Gasteiger charge is 2.10. The van der Waals surface area contributed by atoms with Crippen LogP contribution < -0.4 is 0 Å². The van der Waals surface area contributed by atoms with Crippen molar-refractivity contribution >= 4 is 5.78 Å². The van der Waals surface area contributed by atoms with Gasteiger partial charge in [0.15, 0.2) is 0 Å². The average Bonchev–Trinajstić information content (AvgIpc) is 2.16. The Balaban J connectivity index is 2.85. The van der Waals surface area contributed by atoms with E-state index >= 15 is 0 Å². The van der Waals surface area contributed by atoms with Crippen LogP contribution in [-0.2, 0) is 17.6 Å². The van der Waals surface area contributed by atoms with Crippen LogP contribution in [0.15, 0.2) is 6.07 Å². The lowest BCUT2D eigenvalue weighted by Gasteiger charge is -2.06. The van der Waals surface area contributed by atoms with Crippen molar-refractivity contribution in [2.45, 2.75) is 40.5 Å². The van der Waals surface area contributed by atoms with E-state index in [1.54, 1.807) is 0 Å². The Kier molecular flexibility index (Phi) is 3.95. The Morgan fingerprint density at radius 1 is 1.33 bits per heavy atom. The van der Waals surface area contributed by atoms with Gasteiger partial charge in [0.25, 0.3) is 0 Å². The van der Waals surface area contributed by atoms with Gasteiger partial charge in [-0.1, -0.05) is 20.8 Å². The predicted octanol–water partition coefficient (Wildman–Crippen LogP) is 2.12. The van der Waals surface area contributed by atoms with Crippen molar-refractivity contribution in [3.63, 3.8) is 0 Å². The smallest absolute Gasteiger partial charge is 0.141 e. The van der Waals surface area contributed by atoms with Gasteiger partial charge in [0.05, 0.1) is 5.69 Å². The zero-order chi connectivity index (χ0) is 11.4. The minimum Gasteiger partial charge on any atom is -0.299 e. The molecule has 0 aliphatic heterocycles. The SMILES string of the molecule is CCc1cc(CC(=O)C(C)C)nc(C)n1. The van der Waals surface area contributed by atoms with Crippen LogP contribution in [0.3, 0.4) is 0 Å². The van der Waals surface area contributed by atoms with Gasteiger partial charge < -0.3 is 0 Å². The average molecular weight is 206 g/mol. The Morgan fingerprint density at radius 2 is 1.93 bits per heavy atom. The molecule has 3 heteroatoms. The minimum atomic E-state index is 0.0744. The van der Waals surface area contributed by atoms with Crippen LogP contribution in [0, 0.1) is 12.8 Å². The zero-order valence-electron chi connectivity index (χ0n) is 9.87. The van der Waals surface area contributed by atoms with Gasteiger partial charge in [-0.25, -0.2) is 9.97 Å². The molecule has 0 bridgehead atoms. The molecular formula is C12H18N2O. The van der Waals surface area contributed by atoms with Gasteiger partial charge in [0.2, 0.25) is 0 Å². The fraction of sp³-hybridized carbons (Fsp3) is 0.583. The molecule has 1 aromatic heterocycles. The number of nitrogens with zero attached hydrogens (tertiary/aromatic N) is 2. The molecule has 0 amide bonds. The first-order valence-electron chi connectivity index (χ1n) is 5.39. The van der Waals surface area contributed by atoms with Crippen molar-refractivity contribution in [3.8, 4) is 0 Å². The fourth-order valence-corrected chi connectivity index (χ4v) is 1.35. The van der Waals surface area contributed by atoms with Gasteiger partial charge in [-0.3, -0.25) is 4.79 Å². The van der Waals surface area contributed by atoms with E-state index in [-0.39, 0.29) is 11.7 Å². The standard InChI is InChI=1S/C12H18N2O/c1-5-10-6-11(14-9(4)13-10)7-12(15)8(2)3/h6,8H,5,7H2,1-4H3. The van der Waals surface area contributed by atoms with Crippen LogP contribution >= 0.6 is 0 Å². The van der Waals surface area contributed by atoms with E-state index in [0.717, 1.165) is 23.6 Å². The molecule has 1 aromatic rings. The summed E-state index contributed by atoms with van der Waals surface area (Å²) in [4.78, 5) is 20.1. The van der Waals surface area contributed by atoms with Crippen LogP contribution in [0.2, 0.25) is 0 Å². The number of rotatable bonds is 4. The van der Waals surface area contributed by atoms with E-state index in [0.29, 0.717) is 6.42 Å². The highest BCUT2D eigenvalue weighted by molar-refractivity contribution is 5.82.